The zero-order valence-electron chi connectivity index (χ0n) is 7.81. The van der Waals surface area contributed by atoms with E-state index in [-0.39, 0.29) is 0 Å². The van der Waals surface area contributed by atoms with Crippen molar-refractivity contribution >= 4 is 23.6 Å². The first-order valence-corrected chi connectivity index (χ1v) is 4.90. The van der Waals surface area contributed by atoms with Gasteiger partial charge in [-0.1, -0.05) is 23.8 Å². The average Bonchev–Trinajstić information content (AvgIpc) is 2.39. The molecular weight excluding hydrogens is 216 g/mol. The number of ether oxygens (including phenoxy) is 1. The summed E-state index contributed by atoms with van der Waals surface area (Å²) in [5.74, 6) is -0.400. The predicted molar refractivity (Wildman–Crippen MR) is 57.2 cm³/mol. The van der Waals surface area contributed by atoms with Crippen molar-refractivity contribution in [2.24, 2.45) is 0 Å². The molecule has 0 fully saturated rings. The first-order chi connectivity index (χ1) is 7.16. The van der Waals surface area contributed by atoms with Crippen LogP contribution in [0.3, 0.4) is 0 Å². The summed E-state index contributed by atoms with van der Waals surface area (Å²) in [6.45, 7) is 0. The van der Waals surface area contributed by atoms with Gasteiger partial charge in [-0.25, -0.2) is 4.79 Å². The van der Waals surface area contributed by atoms with Crippen molar-refractivity contribution in [3.8, 4) is 5.75 Å². The Bertz CT molecular complexity index is 426. The summed E-state index contributed by atoms with van der Waals surface area (Å²) < 4.78 is 5.35. The highest BCUT2D eigenvalue weighted by molar-refractivity contribution is 6.30. The maximum atomic E-state index is 10.8. The van der Waals surface area contributed by atoms with E-state index in [0.29, 0.717) is 17.2 Å². The minimum absolute atomic E-state index is 0.363. The number of hydrogen-bond donors (Lipinski definition) is 1. The monoisotopic (exact) mass is 224 g/mol. The second kappa shape index (κ2) is 3.95. The molecule has 1 aliphatic heterocycles. The Kier molecular flexibility index (Phi) is 2.64. The third-order valence-electron chi connectivity index (χ3n) is 2.16. The lowest BCUT2D eigenvalue weighted by molar-refractivity contribution is -0.144. The maximum Gasteiger partial charge on any atom is 0.345 e. The highest BCUT2D eigenvalue weighted by Crippen LogP contribution is 2.28. The van der Waals surface area contributed by atoms with Gasteiger partial charge in [0, 0.05) is 17.0 Å². The molecule has 1 N–H and O–H groups in total. The van der Waals surface area contributed by atoms with Crippen molar-refractivity contribution in [3.05, 3.63) is 34.9 Å². The lowest BCUT2D eigenvalue weighted by Gasteiger charge is -2.12. The number of fused-ring (bicyclic) bond motifs is 1. The van der Waals surface area contributed by atoms with Gasteiger partial charge < -0.3 is 9.84 Å². The molecule has 1 unspecified atom stereocenters. The number of benzene rings is 1. The Morgan fingerprint density at radius 1 is 1.53 bits per heavy atom. The van der Waals surface area contributed by atoms with E-state index >= 15 is 0 Å². The summed E-state index contributed by atoms with van der Waals surface area (Å²) in [5.41, 5.74) is 0.811. The molecule has 1 atom stereocenters. The molecule has 78 valence electrons. The standard InChI is InChI=1S/C11H9ClO3/c12-8-4-5-9-7(6-8)2-1-3-10(15-9)11(13)14/h1-2,4-6,10H,3H2,(H,13,14). The van der Waals surface area contributed by atoms with Crippen LogP contribution in [0.5, 0.6) is 5.75 Å². The third kappa shape index (κ3) is 2.13. The van der Waals surface area contributed by atoms with Crippen molar-refractivity contribution in [2.45, 2.75) is 12.5 Å². The van der Waals surface area contributed by atoms with Gasteiger partial charge in [0.2, 0.25) is 0 Å². The van der Waals surface area contributed by atoms with E-state index in [1.165, 1.54) is 0 Å². The highest BCUT2D eigenvalue weighted by atomic mass is 35.5. The molecule has 0 saturated carbocycles. The largest absolute Gasteiger partial charge is 0.478 e. The Labute approximate surface area is 91.9 Å². The molecule has 0 spiro atoms. The van der Waals surface area contributed by atoms with Gasteiger partial charge in [0.25, 0.3) is 0 Å². The van der Waals surface area contributed by atoms with Crippen LogP contribution in [-0.4, -0.2) is 17.2 Å². The number of aliphatic carboxylic acids is 1. The zero-order chi connectivity index (χ0) is 10.8. The zero-order valence-corrected chi connectivity index (χ0v) is 8.57. The Morgan fingerprint density at radius 3 is 3.07 bits per heavy atom. The number of hydrogen-bond acceptors (Lipinski definition) is 2. The van der Waals surface area contributed by atoms with Crippen LogP contribution in [-0.2, 0) is 4.79 Å². The Balaban J connectivity index is 2.36. The van der Waals surface area contributed by atoms with E-state index in [2.05, 4.69) is 0 Å². The number of carboxylic acids is 1. The fourth-order valence-electron chi connectivity index (χ4n) is 1.43. The molecular formula is C11H9ClO3. The smallest absolute Gasteiger partial charge is 0.345 e. The van der Waals surface area contributed by atoms with Crippen LogP contribution in [0, 0.1) is 0 Å². The Morgan fingerprint density at radius 2 is 2.33 bits per heavy atom. The third-order valence-corrected chi connectivity index (χ3v) is 2.40. The normalized spacial score (nSPS) is 18.9. The molecule has 0 amide bonds. The average molecular weight is 225 g/mol. The summed E-state index contributed by atoms with van der Waals surface area (Å²) in [4.78, 5) is 10.8. The summed E-state index contributed by atoms with van der Waals surface area (Å²) in [6.07, 6.45) is 3.15. The van der Waals surface area contributed by atoms with Gasteiger partial charge in [-0.3, -0.25) is 0 Å². The van der Waals surface area contributed by atoms with Gasteiger partial charge >= 0.3 is 5.97 Å². The molecule has 3 nitrogen and oxygen atoms in total. The second-order valence-electron chi connectivity index (χ2n) is 3.26. The topological polar surface area (TPSA) is 46.5 Å². The van der Waals surface area contributed by atoms with Crippen molar-refractivity contribution in [2.75, 3.05) is 0 Å². The first kappa shape index (κ1) is 10.1. The molecule has 0 aromatic heterocycles. The van der Waals surface area contributed by atoms with Crippen LogP contribution < -0.4 is 4.74 Å². The van der Waals surface area contributed by atoms with E-state index in [1.54, 1.807) is 24.3 Å². The van der Waals surface area contributed by atoms with Gasteiger partial charge in [-0.05, 0) is 18.2 Å². The van der Waals surface area contributed by atoms with Gasteiger partial charge in [0.05, 0.1) is 0 Å². The quantitative estimate of drug-likeness (QED) is 0.798. The fourth-order valence-corrected chi connectivity index (χ4v) is 1.61. The predicted octanol–water partition coefficient (Wildman–Crippen LogP) is 2.59. The molecule has 1 aromatic rings. The molecule has 2 rings (SSSR count). The minimum Gasteiger partial charge on any atom is -0.478 e. The molecule has 0 radical (unpaired) electrons. The number of carboxylic acid groups (broad SMARTS) is 1. The van der Waals surface area contributed by atoms with E-state index in [0.717, 1.165) is 5.56 Å². The van der Waals surface area contributed by atoms with Crippen molar-refractivity contribution < 1.29 is 14.6 Å². The van der Waals surface area contributed by atoms with Gasteiger partial charge in [0.15, 0.2) is 6.10 Å². The number of carbonyl (C=O) groups is 1. The van der Waals surface area contributed by atoms with E-state index < -0.39 is 12.1 Å². The molecule has 1 heterocycles. The van der Waals surface area contributed by atoms with Crippen LogP contribution in [0.4, 0.5) is 0 Å². The summed E-state index contributed by atoms with van der Waals surface area (Å²) in [6, 6.07) is 5.11. The lowest BCUT2D eigenvalue weighted by atomic mass is 10.2. The summed E-state index contributed by atoms with van der Waals surface area (Å²) in [7, 11) is 0. The van der Waals surface area contributed by atoms with Crippen LogP contribution in [0.1, 0.15) is 12.0 Å². The SMILES string of the molecule is O=C(O)C1CC=Cc2cc(Cl)ccc2O1. The van der Waals surface area contributed by atoms with Crippen molar-refractivity contribution in [3.63, 3.8) is 0 Å². The molecule has 1 aliphatic rings. The van der Waals surface area contributed by atoms with Crippen LogP contribution in [0.2, 0.25) is 5.02 Å². The second-order valence-corrected chi connectivity index (χ2v) is 3.70. The maximum absolute atomic E-state index is 10.8. The van der Waals surface area contributed by atoms with Gasteiger partial charge in [-0.15, -0.1) is 0 Å². The van der Waals surface area contributed by atoms with Gasteiger partial charge in [0.1, 0.15) is 5.75 Å². The summed E-state index contributed by atoms with van der Waals surface area (Å²) in [5, 5.41) is 9.47. The molecule has 0 aliphatic carbocycles. The molecule has 0 saturated heterocycles. The lowest BCUT2D eigenvalue weighted by Crippen LogP contribution is -2.25. The number of rotatable bonds is 1. The van der Waals surface area contributed by atoms with Crippen molar-refractivity contribution in [1.29, 1.82) is 0 Å². The molecule has 15 heavy (non-hydrogen) atoms. The first-order valence-electron chi connectivity index (χ1n) is 4.52. The van der Waals surface area contributed by atoms with Crippen LogP contribution in [0.25, 0.3) is 6.08 Å². The molecule has 1 aromatic carbocycles. The molecule has 4 heteroatoms. The van der Waals surface area contributed by atoms with Crippen LogP contribution >= 0.6 is 11.6 Å². The minimum atomic E-state index is -0.956. The van der Waals surface area contributed by atoms with E-state index in [9.17, 15) is 4.79 Å². The summed E-state index contributed by atoms with van der Waals surface area (Å²) >= 11 is 5.82. The van der Waals surface area contributed by atoms with Crippen molar-refractivity contribution in [1.82, 2.24) is 0 Å². The Hall–Kier alpha value is -1.48. The fraction of sp³-hybridized carbons (Fsp3) is 0.182. The van der Waals surface area contributed by atoms with Gasteiger partial charge in [-0.2, -0.15) is 0 Å². The number of halogens is 1. The molecule has 0 bridgehead atoms. The van der Waals surface area contributed by atoms with Crippen LogP contribution in [0.15, 0.2) is 24.3 Å². The van der Waals surface area contributed by atoms with E-state index in [1.807, 2.05) is 6.08 Å². The van der Waals surface area contributed by atoms with E-state index in [4.69, 9.17) is 21.4 Å². The highest BCUT2D eigenvalue weighted by Gasteiger charge is 2.20.